The summed E-state index contributed by atoms with van der Waals surface area (Å²) in [5, 5.41) is 8.66. The molecule has 0 aliphatic rings. The van der Waals surface area contributed by atoms with Crippen LogP contribution in [0.3, 0.4) is 0 Å². The molecule has 0 aliphatic carbocycles. The van der Waals surface area contributed by atoms with E-state index >= 15 is 0 Å². The first-order chi connectivity index (χ1) is 4.13. The highest BCUT2D eigenvalue weighted by Gasteiger charge is 1.94. The van der Waals surface area contributed by atoms with Gasteiger partial charge in [-0.1, -0.05) is 12.2 Å². The van der Waals surface area contributed by atoms with Crippen molar-refractivity contribution in [3.63, 3.8) is 0 Å². The lowest BCUT2D eigenvalue weighted by molar-refractivity contribution is 0.113. The van der Waals surface area contributed by atoms with E-state index in [1.54, 1.807) is 6.92 Å². The van der Waals surface area contributed by atoms with E-state index in [-0.39, 0.29) is 0 Å². The third kappa shape index (κ3) is 7.66. The van der Waals surface area contributed by atoms with Gasteiger partial charge >= 0.3 is 0 Å². The topological polar surface area (TPSA) is 29.5 Å². The van der Waals surface area contributed by atoms with E-state index in [4.69, 9.17) is 9.84 Å². The smallest absolute Gasteiger partial charge is 0.112 e. The first kappa shape index (κ1) is 8.66. The van der Waals surface area contributed by atoms with Crippen molar-refractivity contribution >= 4 is 0 Å². The highest BCUT2D eigenvalue weighted by molar-refractivity contribution is 4.88. The van der Waals surface area contributed by atoms with Gasteiger partial charge in [-0.05, 0) is 13.8 Å². The molecular weight excluding hydrogens is 116 g/mol. The maximum atomic E-state index is 8.66. The Balaban J connectivity index is 3.01. The number of hydrogen-bond donors (Lipinski definition) is 1. The van der Waals surface area contributed by atoms with Crippen LogP contribution in [0.4, 0.5) is 0 Å². The zero-order chi connectivity index (χ0) is 7.28. The minimum atomic E-state index is -0.496. The van der Waals surface area contributed by atoms with Crippen LogP contribution in [0.15, 0.2) is 12.2 Å². The molecule has 0 aromatic heterocycles. The normalized spacial score (nSPS) is 13.2. The summed E-state index contributed by atoms with van der Waals surface area (Å²) in [4.78, 5) is 0. The van der Waals surface area contributed by atoms with Gasteiger partial charge in [-0.3, -0.25) is 0 Å². The van der Waals surface area contributed by atoms with Gasteiger partial charge in [0.25, 0.3) is 0 Å². The fourth-order valence-corrected chi connectivity index (χ4v) is 0.330. The number of hydrogen-bond acceptors (Lipinski definition) is 2. The molecule has 2 nitrogen and oxygen atoms in total. The van der Waals surface area contributed by atoms with Crippen LogP contribution in [-0.2, 0) is 4.74 Å². The molecule has 0 spiro atoms. The molecule has 0 bridgehead atoms. The molecular formula is C7H13O2. The average Bonchev–Trinajstić information content (AvgIpc) is 1.63. The highest BCUT2D eigenvalue weighted by Crippen LogP contribution is 1.93. The molecule has 2 heteroatoms. The summed E-state index contributed by atoms with van der Waals surface area (Å²) < 4.78 is 4.88. The number of ether oxygens (including phenoxy) is 1. The SMILES string of the molecule is C=C(C)CO[CH]C(C)O. The zero-order valence-corrected chi connectivity index (χ0v) is 5.92. The van der Waals surface area contributed by atoms with Gasteiger partial charge in [0.05, 0.1) is 12.7 Å². The van der Waals surface area contributed by atoms with Crippen molar-refractivity contribution in [2.75, 3.05) is 6.61 Å². The lowest BCUT2D eigenvalue weighted by Gasteiger charge is -2.03. The molecule has 0 heterocycles. The second kappa shape index (κ2) is 4.53. The van der Waals surface area contributed by atoms with Gasteiger partial charge in [-0.2, -0.15) is 0 Å². The number of aliphatic hydroxyl groups excluding tert-OH is 1. The summed E-state index contributed by atoms with van der Waals surface area (Å²) in [7, 11) is 0. The third-order valence-electron chi connectivity index (χ3n) is 0.623. The molecule has 0 fully saturated rings. The van der Waals surface area contributed by atoms with Crippen molar-refractivity contribution in [1.82, 2.24) is 0 Å². The maximum absolute atomic E-state index is 8.66. The quantitative estimate of drug-likeness (QED) is 0.576. The Kier molecular flexibility index (Phi) is 4.36. The van der Waals surface area contributed by atoms with Gasteiger partial charge in [0.1, 0.15) is 6.61 Å². The van der Waals surface area contributed by atoms with Gasteiger partial charge in [-0.15, -0.1) is 0 Å². The Morgan fingerprint density at radius 1 is 1.89 bits per heavy atom. The Morgan fingerprint density at radius 3 is 2.78 bits per heavy atom. The van der Waals surface area contributed by atoms with Crippen molar-refractivity contribution in [3.05, 3.63) is 18.8 Å². The monoisotopic (exact) mass is 129 g/mol. The minimum absolute atomic E-state index is 0.491. The molecule has 0 saturated heterocycles. The molecule has 0 saturated carbocycles. The zero-order valence-electron chi connectivity index (χ0n) is 5.92. The van der Waals surface area contributed by atoms with Crippen molar-refractivity contribution < 1.29 is 9.84 Å². The van der Waals surface area contributed by atoms with Gasteiger partial charge in [-0.25, -0.2) is 0 Å². The Morgan fingerprint density at radius 2 is 2.44 bits per heavy atom. The minimum Gasteiger partial charge on any atom is -0.391 e. The van der Waals surface area contributed by atoms with E-state index in [9.17, 15) is 0 Å². The van der Waals surface area contributed by atoms with Crippen LogP contribution < -0.4 is 0 Å². The summed E-state index contributed by atoms with van der Waals surface area (Å²) in [6.07, 6.45) is -0.496. The highest BCUT2D eigenvalue weighted by atomic mass is 16.5. The van der Waals surface area contributed by atoms with Crippen LogP contribution in [0.25, 0.3) is 0 Å². The maximum Gasteiger partial charge on any atom is 0.112 e. The predicted molar refractivity (Wildman–Crippen MR) is 36.7 cm³/mol. The molecule has 0 aromatic carbocycles. The van der Waals surface area contributed by atoms with E-state index < -0.39 is 6.10 Å². The summed E-state index contributed by atoms with van der Waals surface area (Å²) in [5.41, 5.74) is 0.951. The molecule has 1 atom stereocenters. The summed E-state index contributed by atoms with van der Waals surface area (Å²) in [5.74, 6) is 0. The van der Waals surface area contributed by atoms with E-state index in [2.05, 4.69) is 6.58 Å². The molecule has 1 unspecified atom stereocenters. The molecule has 1 N–H and O–H groups in total. The van der Waals surface area contributed by atoms with Crippen molar-refractivity contribution in [2.24, 2.45) is 0 Å². The Labute approximate surface area is 56.1 Å². The molecule has 0 aromatic rings. The van der Waals surface area contributed by atoms with Crippen LogP contribution in [0.1, 0.15) is 13.8 Å². The van der Waals surface area contributed by atoms with E-state index in [0.717, 1.165) is 5.57 Å². The second-order valence-corrected chi connectivity index (χ2v) is 2.14. The number of rotatable bonds is 4. The molecule has 9 heavy (non-hydrogen) atoms. The van der Waals surface area contributed by atoms with Gasteiger partial charge in [0.2, 0.25) is 0 Å². The van der Waals surface area contributed by atoms with Crippen LogP contribution >= 0.6 is 0 Å². The molecule has 0 rings (SSSR count). The third-order valence-corrected chi connectivity index (χ3v) is 0.623. The van der Waals surface area contributed by atoms with E-state index in [1.807, 2.05) is 6.92 Å². The molecule has 0 aliphatic heterocycles. The average molecular weight is 129 g/mol. The number of aliphatic hydroxyl groups is 1. The molecule has 53 valence electrons. The van der Waals surface area contributed by atoms with Gasteiger partial charge < -0.3 is 9.84 Å². The summed E-state index contributed by atoms with van der Waals surface area (Å²) in [6, 6.07) is 0. The molecule has 1 radical (unpaired) electrons. The first-order valence-electron chi connectivity index (χ1n) is 2.90. The van der Waals surface area contributed by atoms with E-state index in [0.29, 0.717) is 6.61 Å². The largest absolute Gasteiger partial charge is 0.391 e. The molecule has 0 amide bonds. The second-order valence-electron chi connectivity index (χ2n) is 2.14. The van der Waals surface area contributed by atoms with Crippen molar-refractivity contribution in [2.45, 2.75) is 20.0 Å². The lowest BCUT2D eigenvalue weighted by atomic mass is 10.4. The van der Waals surface area contributed by atoms with Gasteiger partial charge in [0, 0.05) is 0 Å². The van der Waals surface area contributed by atoms with Crippen LogP contribution in [0.2, 0.25) is 0 Å². The Bertz CT molecular complexity index is 86.9. The summed E-state index contributed by atoms with van der Waals surface area (Å²) >= 11 is 0. The van der Waals surface area contributed by atoms with Crippen molar-refractivity contribution in [1.29, 1.82) is 0 Å². The van der Waals surface area contributed by atoms with Crippen LogP contribution in [-0.4, -0.2) is 17.8 Å². The van der Waals surface area contributed by atoms with Gasteiger partial charge in [0.15, 0.2) is 0 Å². The Hall–Kier alpha value is -0.340. The van der Waals surface area contributed by atoms with Crippen LogP contribution in [0, 0.1) is 6.61 Å². The predicted octanol–water partition coefficient (Wildman–Crippen LogP) is 1.12. The summed E-state index contributed by atoms with van der Waals surface area (Å²) in [6.45, 7) is 9.01. The standard InChI is InChI=1S/C7H13O2/c1-6(2)4-9-5-7(3)8/h5,7-8H,1,4H2,2-3H3. The van der Waals surface area contributed by atoms with Crippen LogP contribution in [0.5, 0.6) is 0 Å². The fraction of sp³-hybridized carbons (Fsp3) is 0.571. The fourth-order valence-electron chi connectivity index (χ4n) is 0.330. The van der Waals surface area contributed by atoms with E-state index in [1.165, 1.54) is 6.61 Å². The van der Waals surface area contributed by atoms with Crippen molar-refractivity contribution in [3.8, 4) is 0 Å². The first-order valence-corrected chi connectivity index (χ1v) is 2.90. The lowest BCUT2D eigenvalue weighted by Crippen LogP contribution is -2.04.